The molecule has 0 radical (unpaired) electrons. The van der Waals surface area contributed by atoms with Crippen molar-refractivity contribution in [1.29, 1.82) is 0 Å². The quantitative estimate of drug-likeness (QED) is 0.312. The lowest BCUT2D eigenvalue weighted by Gasteiger charge is -2.28. The molecule has 5 nitrogen and oxygen atoms in total. The van der Waals surface area contributed by atoms with E-state index < -0.39 is 24.2 Å². The van der Waals surface area contributed by atoms with Gasteiger partial charge < -0.3 is 10.1 Å². The van der Waals surface area contributed by atoms with Gasteiger partial charge in [-0.1, -0.05) is 17.7 Å². The zero-order valence-electron chi connectivity index (χ0n) is 18.6. The smallest absolute Gasteiger partial charge is 0.471 e. The number of alkyl halides is 3. The molecule has 1 N–H and O–H groups in total. The van der Waals surface area contributed by atoms with Crippen LogP contribution in [0.2, 0.25) is 5.02 Å². The maximum Gasteiger partial charge on any atom is 0.471 e. The van der Waals surface area contributed by atoms with Gasteiger partial charge in [0.05, 0.1) is 23.4 Å². The molecular weight excluding hydrogens is 486 g/mol. The first kappa shape index (κ1) is 24.5. The summed E-state index contributed by atoms with van der Waals surface area (Å²) in [6, 6.07) is 14.8. The fourth-order valence-electron chi connectivity index (χ4n) is 3.78. The Morgan fingerprint density at radius 3 is 2.46 bits per heavy atom. The maximum atomic E-state index is 13.3. The van der Waals surface area contributed by atoms with Crippen molar-refractivity contribution in [1.82, 2.24) is 15.1 Å². The third kappa shape index (κ3) is 5.40. The molecular formula is C25H20ClF4N3O2. The topological polar surface area (TPSA) is 56.1 Å². The minimum atomic E-state index is -5.03. The Labute approximate surface area is 203 Å². The van der Waals surface area contributed by atoms with E-state index in [1.165, 1.54) is 19.1 Å². The third-order valence-corrected chi connectivity index (χ3v) is 5.72. The van der Waals surface area contributed by atoms with Crippen LogP contribution in [0.4, 0.5) is 17.6 Å². The van der Waals surface area contributed by atoms with Crippen LogP contribution in [0.15, 0.2) is 66.9 Å². The Kier molecular flexibility index (Phi) is 6.71. The van der Waals surface area contributed by atoms with Crippen molar-refractivity contribution in [3.8, 4) is 11.4 Å². The summed E-state index contributed by atoms with van der Waals surface area (Å²) in [6.07, 6.45) is -4.37. The Morgan fingerprint density at radius 1 is 1.09 bits per heavy atom. The van der Waals surface area contributed by atoms with E-state index in [9.17, 15) is 22.4 Å². The molecule has 0 aliphatic carbocycles. The van der Waals surface area contributed by atoms with Crippen LogP contribution in [0.5, 0.6) is 5.75 Å². The number of rotatable bonds is 6. The Morgan fingerprint density at radius 2 is 1.80 bits per heavy atom. The molecule has 3 aromatic carbocycles. The van der Waals surface area contributed by atoms with Gasteiger partial charge in [-0.2, -0.15) is 18.3 Å². The zero-order valence-corrected chi connectivity index (χ0v) is 19.4. The van der Waals surface area contributed by atoms with E-state index in [0.717, 1.165) is 5.52 Å². The molecule has 182 valence electrons. The van der Waals surface area contributed by atoms with Crippen LogP contribution in [0.3, 0.4) is 0 Å². The van der Waals surface area contributed by atoms with Crippen molar-refractivity contribution in [3.63, 3.8) is 0 Å². The highest BCUT2D eigenvalue weighted by Crippen LogP contribution is 2.32. The van der Waals surface area contributed by atoms with E-state index in [0.29, 0.717) is 33.0 Å². The number of hydrogen-bond donors (Lipinski definition) is 1. The minimum Gasteiger partial charge on any atom is -0.484 e. The van der Waals surface area contributed by atoms with Gasteiger partial charge in [0.2, 0.25) is 0 Å². The number of fused-ring (bicyclic) bond motifs is 1. The first-order valence-corrected chi connectivity index (χ1v) is 10.9. The molecule has 0 aliphatic rings. The van der Waals surface area contributed by atoms with E-state index in [1.807, 2.05) is 5.32 Å². The van der Waals surface area contributed by atoms with Crippen molar-refractivity contribution < 1.29 is 27.1 Å². The first-order valence-electron chi connectivity index (χ1n) is 10.6. The molecule has 2 unspecified atom stereocenters. The van der Waals surface area contributed by atoms with Crippen molar-refractivity contribution in [3.05, 3.63) is 88.8 Å². The summed E-state index contributed by atoms with van der Waals surface area (Å²) in [5, 5.41) is 7.48. The van der Waals surface area contributed by atoms with Crippen LogP contribution >= 0.6 is 11.6 Å². The molecule has 0 spiro atoms. The molecule has 0 saturated heterocycles. The zero-order chi connectivity index (χ0) is 25.3. The van der Waals surface area contributed by atoms with Crippen molar-refractivity contribution in [2.75, 3.05) is 0 Å². The fraction of sp³-hybridized carbons (Fsp3) is 0.200. The predicted molar refractivity (Wildman–Crippen MR) is 124 cm³/mol. The Bertz CT molecular complexity index is 1370. The third-order valence-electron chi connectivity index (χ3n) is 5.48. The van der Waals surface area contributed by atoms with Gasteiger partial charge >= 0.3 is 12.1 Å². The number of hydrogen-bond acceptors (Lipinski definition) is 3. The summed E-state index contributed by atoms with van der Waals surface area (Å²) in [5.41, 5.74) is 2.65. The van der Waals surface area contributed by atoms with Gasteiger partial charge in [0.25, 0.3) is 0 Å². The minimum absolute atomic E-state index is 0.364. The van der Waals surface area contributed by atoms with Gasteiger partial charge in [0, 0.05) is 10.4 Å². The van der Waals surface area contributed by atoms with E-state index in [1.54, 1.807) is 66.3 Å². The normalized spacial score (nSPS) is 13.5. The predicted octanol–water partition coefficient (Wildman–Crippen LogP) is 6.31. The van der Waals surface area contributed by atoms with E-state index >= 15 is 0 Å². The number of aryl methyl sites for hydroxylation is 1. The molecule has 0 bridgehead atoms. The Hall–Kier alpha value is -3.59. The lowest BCUT2D eigenvalue weighted by molar-refractivity contribution is -0.174. The highest BCUT2D eigenvalue weighted by molar-refractivity contribution is 6.30. The number of amides is 1. The van der Waals surface area contributed by atoms with Gasteiger partial charge in [-0.15, -0.1) is 0 Å². The average molecular weight is 506 g/mol. The van der Waals surface area contributed by atoms with Gasteiger partial charge in [0.15, 0.2) is 0 Å². The second-order valence-electron chi connectivity index (χ2n) is 8.05. The number of aromatic nitrogens is 2. The second kappa shape index (κ2) is 9.58. The highest BCUT2D eigenvalue weighted by Gasteiger charge is 2.40. The summed E-state index contributed by atoms with van der Waals surface area (Å²) in [5.74, 6) is -2.05. The molecule has 10 heteroatoms. The van der Waals surface area contributed by atoms with E-state index in [2.05, 4.69) is 5.10 Å². The number of carbonyl (C=O) groups is 1. The molecule has 0 aliphatic heterocycles. The first-order chi connectivity index (χ1) is 16.5. The molecule has 4 aromatic rings. The summed E-state index contributed by atoms with van der Waals surface area (Å²) in [7, 11) is 0. The van der Waals surface area contributed by atoms with Crippen molar-refractivity contribution in [2.45, 2.75) is 32.2 Å². The molecule has 1 aromatic heterocycles. The number of nitrogens with zero attached hydrogens (tertiary/aromatic N) is 2. The van der Waals surface area contributed by atoms with Crippen molar-refractivity contribution in [2.24, 2.45) is 0 Å². The lowest BCUT2D eigenvalue weighted by Crippen LogP contribution is -2.45. The van der Waals surface area contributed by atoms with Crippen molar-refractivity contribution >= 4 is 28.4 Å². The summed E-state index contributed by atoms with van der Waals surface area (Å²) < 4.78 is 59.6. The fourth-order valence-corrected chi connectivity index (χ4v) is 4.00. The van der Waals surface area contributed by atoms with E-state index in [4.69, 9.17) is 16.3 Å². The van der Waals surface area contributed by atoms with Gasteiger partial charge in [-0.25, -0.2) is 9.07 Å². The van der Waals surface area contributed by atoms with E-state index in [-0.39, 0.29) is 5.82 Å². The molecule has 35 heavy (non-hydrogen) atoms. The number of carbonyl (C=O) groups excluding carboxylic acids is 1. The molecule has 1 amide bonds. The second-order valence-corrected chi connectivity index (χ2v) is 8.49. The lowest BCUT2D eigenvalue weighted by atomic mass is 9.98. The van der Waals surface area contributed by atoms with Gasteiger partial charge in [-0.3, -0.25) is 4.79 Å². The van der Waals surface area contributed by atoms with Crippen LogP contribution in [0.1, 0.15) is 24.2 Å². The van der Waals surface area contributed by atoms with Gasteiger partial charge in [0.1, 0.15) is 17.7 Å². The molecule has 0 saturated carbocycles. The Balaban J connectivity index is 1.67. The SMILES string of the molecule is Cc1cc(Cl)ccc1C(Oc1ccc2c(cnn2-c2ccc(F)cc2)c1)C(C)NC(=O)C(F)(F)F. The molecule has 4 rings (SSSR count). The highest BCUT2D eigenvalue weighted by atomic mass is 35.5. The van der Waals surface area contributed by atoms with Crippen LogP contribution < -0.4 is 10.1 Å². The van der Waals surface area contributed by atoms with Gasteiger partial charge in [-0.05, 0) is 79.6 Å². The standard InChI is InChI=1S/C25H20ClF4N3O2/c1-14-11-17(26)3-9-21(14)23(15(2)32-24(34)25(28,29)30)35-20-8-10-22-16(12-20)13-31-33(22)19-6-4-18(27)5-7-19/h3-13,15,23H,1-2H3,(H,32,34). The summed E-state index contributed by atoms with van der Waals surface area (Å²) in [4.78, 5) is 11.6. The molecule has 0 fully saturated rings. The maximum absolute atomic E-state index is 13.3. The van der Waals surface area contributed by atoms with Crippen LogP contribution in [0, 0.1) is 12.7 Å². The number of benzene rings is 3. The number of ether oxygens (including phenoxy) is 1. The number of nitrogens with one attached hydrogen (secondary N) is 1. The van der Waals surface area contributed by atoms with Crippen LogP contribution in [0.25, 0.3) is 16.6 Å². The summed E-state index contributed by atoms with van der Waals surface area (Å²) in [6.45, 7) is 3.19. The monoisotopic (exact) mass is 505 g/mol. The van der Waals surface area contributed by atoms with Crippen LogP contribution in [-0.4, -0.2) is 27.9 Å². The van der Waals surface area contributed by atoms with Crippen LogP contribution in [-0.2, 0) is 4.79 Å². The largest absolute Gasteiger partial charge is 0.484 e. The molecule has 2 atom stereocenters. The molecule has 1 heterocycles. The number of halogens is 5. The average Bonchev–Trinajstić information content (AvgIpc) is 3.21. The summed E-state index contributed by atoms with van der Waals surface area (Å²) >= 11 is 6.04.